The van der Waals surface area contributed by atoms with Crippen LogP contribution in [0.25, 0.3) is 0 Å². The normalized spacial score (nSPS) is 30.8. The van der Waals surface area contributed by atoms with E-state index in [0.717, 1.165) is 35.7 Å². The molecule has 0 spiro atoms. The van der Waals surface area contributed by atoms with Crippen molar-refractivity contribution in [1.29, 1.82) is 0 Å². The number of fused-ring (bicyclic) bond motifs is 1. The monoisotopic (exact) mass is 232 g/mol. The Morgan fingerprint density at radius 1 is 1.24 bits per heavy atom. The van der Waals surface area contributed by atoms with Gasteiger partial charge in [-0.2, -0.15) is 0 Å². The minimum absolute atomic E-state index is 0.586. The van der Waals surface area contributed by atoms with Crippen LogP contribution in [0, 0.1) is 25.7 Å². The minimum Gasteiger partial charge on any atom is -0.353 e. The van der Waals surface area contributed by atoms with Crippen LogP contribution in [0.3, 0.4) is 0 Å². The third-order valence-electron chi connectivity index (χ3n) is 3.81. The summed E-state index contributed by atoms with van der Waals surface area (Å²) in [6, 6.07) is 2.59. The standard InChI is InChI=1S/C13H20N4/c1-8-3-9(2)17-13(16-8)15-7-12-5-10-4-11(10)6-14-12/h3,10-12,14H,4-7H2,1-2H3,(H,15,16,17)/t10-,11?,12+/m1/s1. The number of aromatic nitrogens is 2. The number of piperidine rings is 1. The molecule has 2 heterocycles. The first-order valence-electron chi connectivity index (χ1n) is 6.50. The molecule has 0 bridgehead atoms. The van der Waals surface area contributed by atoms with Crippen LogP contribution in [0.15, 0.2) is 6.07 Å². The molecule has 2 N–H and O–H groups in total. The zero-order valence-corrected chi connectivity index (χ0v) is 10.5. The van der Waals surface area contributed by atoms with Crippen molar-refractivity contribution in [2.45, 2.75) is 32.7 Å². The van der Waals surface area contributed by atoms with Crippen molar-refractivity contribution in [3.8, 4) is 0 Å². The lowest BCUT2D eigenvalue weighted by atomic mass is 10.1. The number of nitrogens with zero attached hydrogens (tertiary/aromatic N) is 2. The van der Waals surface area contributed by atoms with E-state index in [0.29, 0.717) is 6.04 Å². The highest BCUT2D eigenvalue weighted by molar-refractivity contribution is 5.28. The Hall–Kier alpha value is -1.16. The predicted molar refractivity (Wildman–Crippen MR) is 68.0 cm³/mol. The van der Waals surface area contributed by atoms with Gasteiger partial charge in [-0.1, -0.05) is 0 Å². The molecule has 0 aromatic carbocycles. The van der Waals surface area contributed by atoms with Gasteiger partial charge in [-0.15, -0.1) is 0 Å². The van der Waals surface area contributed by atoms with Crippen molar-refractivity contribution in [3.05, 3.63) is 17.5 Å². The molecule has 1 unspecified atom stereocenters. The fourth-order valence-electron chi connectivity index (χ4n) is 2.79. The van der Waals surface area contributed by atoms with Gasteiger partial charge < -0.3 is 10.6 Å². The minimum atomic E-state index is 0.586. The van der Waals surface area contributed by atoms with Crippen LogP contribution in [0.4, 0.5) is 5.95 Å². The Bertz CT molecular complexity index is 398. The lowest BCUT2D eigenvalue weighted by molar-refractivity contribution is 0.397. The quantitative estimate of drug-likeness (QED) is 0.829. The van der Waals surface area contributed by atoms with Gasteiger partial charge in [0, 0.05) is 24.0 Å². The molecule has 17 heavy (non-hydrogen) atoms. The number of nitrogens with one attached hydrogen (secondary N) is 2. The van der Waals surface area contributed by atoms with Crippen LogP contribution in [0.2, 0.25) is 0 Å². The maximum absolute atomic E-state index is 4.40. The van der Waals surface area contributed by atoms with E-state index in [-0.39, 0.29) is 0 Å². The number of hydrogen-bond donors (Lipinski definition) is 2. The molecule has 1 aliphatic carbocycles. The topological polar surface area (TPSA) is 49.8 Å². The molecule has 1 aromatic heterocycles. The first kappa shape index (κ1) is 11.0. The van der Waals surface area contributed by atoms with Crippen LogP contribution < -0.4 is 10.6 Å². The Labute approximate surface area is 102 Å². The van der Waals surface area contributed by atoms with Crippen LogP contribution >= 0.6 is 0 Å². The number of anilines is 1. The molecule has 4 heteroatoms. The summed E-state index contributed by atoms with van der Waals surface area (Å²) in [6.07, 6.45) is 2.74. The molecule has 0 radical (unpaired) electrons. The Morgan fingerprint density at radius 2 is 2.00 bits per heavy atom. The molecule has 3 rings (SSSR count). The van der Waals surface area contributed by atoms with Gasteiger partial charge in [-0.05, 0) is 51.1 Å². The number of hydrogen-bond acceptors (Lipinski definition) is 4. The lowest BCUT2D eigenvalue weighted by Gasteiger charge is -2.23. The van der Waals surface area contributed by atoms with E-state index in [1.54, 1.807) is 0 Å². The van der Waals surface area contributed by atoms with Crippen molar-refractivity contribution in [3.63, 3.8) is 0 Å². The van der Waals surface area contributed by atoms with Gasteiger partial charge in [0.05, 0.1) is 0 Å². The summed E-state index contributed by atoms with van der Waals surface area (Å²) in [7, 11) is 0. The van der Waals surface area contributed by atoms with Gasteiger partial charge in [-0.3, -0.25) is 0 Å². The summed E-state index contributed by atoms with van der Waals surface area (Å²) < 4.78 is 0. The second kappa shape index (κ2) is 4.26. The van der Waals surface area contributed by atoms with Gasteiger partial charge in [0.25, 0.3) is 0 Å². The summed E-state index contributed by atoms with van der Waals surface area (Å²) >= 11 is 0. The average molecular weight is 232 g/mol. The van der Waals surface area contributed by atoms with E-state index in [4.69, 9.17) is 0 Å². The van der Waals surface area contributed by atoms with Crippen molar-refractivity contribution >= 4 is 5.95 Å². The third-order valence-corrected chi connectivity index (χ3v) is 3.81. The fraction of sp³-hybridized carbons (Fsp3) is 0.692. The third kappa shape index (κ3) is 2.57. The van der Waals surface area contributed by atoms with Crippen molar-refractivity contribution in [2.24, 2.45) is 11.8 Å². The first-order valence-corrected chi connectivity index (χ1v) is 6.50. The van der Waals surface area contributed by atoms with E-state index in [2.05, 4.69) is 20.6 Å². The average Bonchev–Trinajstić information content (AvgIpc) is 3.03. The second-order valence-electron chi connectivity index (χ2n) is 5.45. The highest BCUT2D eigenvalue weighted by Gasteiger charge is 2.41. The second-order valence-corrected chi connectivity index (χ2v) is 5.45. The molecule has 0 amide bonds. The molecule has 3 atom stereocenters. The largest absolute Gasteiger partial charge is 0.353 e. The molecule has 2 aliphatic rings. The van der Waals surface area contributed by atoms with E-state index >= 15 is 0 Å². The molecule has 2 fully saturated rings. The van der Waals surface area contributed by atoms with Gasteiger partial charge in [0.2, 0.25) is 5.95 Å². The molecule has 92 valence electrons. The van der Waals surface area contributed by atoms with Gasteiger partial charge in [0.1, 0.15) is 0 Å². The van der Waals surface area contributed by atoms with E-state index < -0.39 is 0 Å². The number of rotatable bonds is 3. The van der Waals surface area contributed by atoms with Crippen LogP contribution in [0.5, 0.6) is 0 Å². The molecule has 1 saturated heterocycles. The predicted octanol–water partition coefficient (Wildman–Crippen LogP) is 1.50. The summed E-state index contributed by atoms with van der Waals surface area (Å²) in [4.78, 5) is 8.80. The molecule has 1 aromatic rings. The lowest BCUT2D eigenvalue weighted by Crippen LogP contribution is -2.40. The highest BCUT2D eigenvalue weighted by atomic mass is 15.1. The molecule has 4 nitrogen and oxygen atoms in total. The molecule has 1 saturated carbocycles. The van der Waals surface area contributed by atoms with Crippen LogP contribution in [-0.4, -0.2) is 29.1 Å². The maximum Gasteiger partial charge on any atom is 0.223 e. The van der Waals surface area contributed by atoms with Crippen LogP contribution in [0.1, 0.15) is 24.2 Å². The van der Waals surface area contributed by atoms with Gasteiger partial charge >= 0.3 is 0 Å². The first-order chi connectivity index (χ1) is 8.20. The van der Waals surface area contributed by atoms with Gasteiger partial charge in [0.15, 0.2) is 0 Å². The Balaban J connectivity index is 1.55. The Kier molecular flexibility index (Phi) is 2.74. The molecule has 1 aliphatic heterocycles. The van der Waals surface area contributed by atoms with Crippen molar-refractivity contribution < 1.29 is 0 Å². The zero-order valence-electron chi connectivity index (χ0n) is 10.5. The zero-order chi connectivity index (χ0) is 11.8. The summed E-state index contributed by atoms with van der Waals surface area (Å²) in [5, 5.41) is 6.94. The van der Waals surface area contributed by atoms with E-state index in [1.807, 2.05) is 19.9 Å². The van der Waals surface area contributed by atoms with Crippen LogP contribution in [-0.2, 0) is 0 Å². The summed E-state index contributed by atoms with van der Waals surface area (Å²) in [5.74, 6) is 2.73. The van der Waals surface area contributed by atoms with Gasteiger partial charge in [-0.25, -0.2) is 9.97 Å². The van der Waals surface area contributed by atoms with Crippen molar-refractivity contribution in [2.75, 3.05) is 18.4 Å². The smallest absolute Gasteiger partial charge is 0.223 e. The fourth-order valence-corrected chi connectivity index (χ4v) is 2.79. The summed E-state index contributed by atoms with van der Waals surface area (Å²) in [5.41, 5.74) is 2.05. The SMILES string of the molecule is Cc1cc(C)nc(NC[C@@H]2C[C@H]3CC3CN2)n1. The molecular formula is C13H20N4. The maximum atomic E-state index is 4.40. The molecular weight excluding hydrogens is 212 g/mol. The number of aryl methyl sites for hydroxylation is 2. The van der Waals surface area contributed by atoms with E-state index in [1.165, 1.54) is 19.4 Å². The van der Waals surface area contributed by atoms with E-state index in [9.17, 15) is 0 Å². The summed E-state index contributed by atoms with van der Waals surface area (Å²) in [6.45, 7) is 6.15. The Morgan fingerprint density at radius 3 is 2.71 bits per heavy atom. The highest BCUT2D eigenvalue weighted by Crippen LogP contribution is 2.43. The van der Waals surface area contributed by atoms with Crippen molar-refractivity contribution in [1.82, 2.24) is 15.3 Å².